The Kier molecular flexibility index (Phi) is 9.70. The summed E-state index contributed by atoms with van der Waals surface area (Å²) in [6.45, 7) is 3.48. The van der Waals surface area contributed by atoms with E-state index in [9.17, 15) is 9.83 Å². The van der Waals surface area contributed by atoms with Gasteiger partial charge in [-0.05, 0) is 6.08 Å². The molecule has 0 aromatic rings. The second-order valence-electron chi connectivity index (χ2n) is 3.04. The number of halogens is 1. The zero-order valence-electron chi connectivity index (χ0n) is 11.1. The Morgan fingerprint density at radius 1 is 1.29 bits per heavy atom. The molecule has 0 heterocycles. The van der Waals surface area contributed by atoms with Gasteiger partial charge in [-0.3, -0.25) is 0 Å². The molecule has 0 aliphatic heterocycles. The van der Waals surface area contributed by atoms with Crippen molar-refractivity contribution in [1.29, 1.82) is 5.26 Å². The van der Waals surface area contributed by atoms with Gasteiger partial charge in [0.15, 0.2) is 5.31 Å². The first-order valence-corrected chi connectivity index (χ1v) is 7.89. The lowest BCUT2D eigenvalue weighted by molar-refractivity contribution is -0.240. The topological polar surface area (TPSA) is 77.8 Å². The van der Waals surface area contributed by atoms with Crippen molar-refractivity contribution in [3.05, 3.63) is 35.2 Å². The molecule has 0 saturated heterocycles. The molecule has 21 heavy (non-hydrogen) atoms. The third-order valence-electron chi connectivity index (χ3n) is 1.85. The van der Waals surface area contributed by atoms with Crippen LogP contribution in [-0.2, 0) is 23.7 Å². The SMILES string of the molecule is C=CC(=S)C(C(=S)C=CCl)=C(C#N)P(=O)(OOC)OOC. The lowest BCUT2D eigenvalue weighted by Crippen LogP contribution is -2.10. The van der Waals surface area contributed by atoms with Crippen LogP contribution in [0.5, 0.6) is 0 Å². The van der Waals surface area contributed by atoms with Crippen LogP contribution < -0.4 is 0 Å². The third kappa shape index (κ3) is 5.51. The van der Waals surface area contributed by atoms with Crippen molar-refractivity contribution in [1.82, 2.24) is 0 Å². The molecule has 6 nitrogen and oxygen atoms in total. The Labute approximate surface area is 138 Å². The number of nitriles is 1. The van der Waals surface area contributed by atoms with Gasteiger partial charge >= 0.3 is 7.60 Å². The van der Waals surface area contributed by atoms with Gasteiger partial charge in [0, 0.05) is 20.8 Å². The van der Waals surface area contributed by atoms with Gasteiger partial charge in [-0.2, -0.15) is 5.26 Å². The molecule has 0 radical (unpaired) electrons. The predicted molar refractivity (Wildman–Crippen MR) is 86.8 cm³/mol. The second kappa shape index (κ2) is 10.1. The molecule has 10 heteroatoms. The van der Waals surface area contributed by atoms with Gasteiger partial charge in [-0.25, -0.2) is 14.3 Å². The summed E-state index contributed by atoms with van der Waals surface area (Å²) in [5.41, 5.74) is 1.06. The van der Waals surface area contributed by atoms with Gasteiger partial charge in [0.25, 0.3) is 0 Å². The lowest BCUT2D eigenvalue weighted by Gasteiger charge is -2.16. The highest BCUT2D eigenvalue weighted by molar-refractivity contribution is 7.83. The smallest absolute Gasteiger partial charge is 0.249 e. The molecule has 0 N–H and O–H groups in total. The molecule has 0 bridgehead atoms. The Morgan fingerprint density at radius 3 is 2.14 bits per heavy atom. The number of rotatable bonds is 9. The van der Waals surface area contributed by atoms with Crippen molar-refractivity contribution in [2.75, 3.05) is 14.2 Å². The third-order valence-corrected chi connectivity index (χ3v) is 4.25. The van der Waals surface area contributed by atoms with Crippen LogP contribution in [0.1, 0.15) is 0 Å². The molecule has 0 aliphatic carbocycles. The minimum Gasteiger partial charge on any atom is -0.249 e. The van der Waals surface area contributed by atoms with Crippen LogP contribution in [0.2, 0.25) is 0 Å². The summed E-state index contributed by atoms with van der Waals surface area (Å²) in [6.07, 6.45) is 2.53. The van der Waals surface area contributed by atoms with E-state index in [1.54, 1.807) is 6.07 Å². The maximum atomic E-state index is 12.5. The second-order valence-corrected chi connectivity index (χ2v) is 5.91. The maximum absolute atomic E-state index is 12.5. The normalized spacial score (nSPS) is 12.7. The number of nitrogens with zero attached hydrogens (tertiary/aromatic N) is 1. The zero-order chi connectivity index (χ0) is 16.5. The minimum absolute atomic E-state index is 0.0473. The molecule has 0 aromatic carbocycles. The summed E-state index contributed by atoms with van der Waals surface area (Å²) in [6, 6.07) is 1.67. The Balaban J connectivity index is 6.35. The largest absolute Gasteiger partial charge is 0.426 e. The fourth-order valence-corrected chi connectivity index (χ4v) is 3.25. The fraction of sp³-hybridized carbons (Fsp3) is 0.182. The van der Waals surface area contributed by atoms with E-state index >= 15 is 0 Å². The average Bonchev–Trinajstić information content (AvgIpc) is 2.44. The van der Waals surface area contributed by atoms with Gasteiger partial charge in [0.1, 0.15) is 6.07 Å². The highest BCUT2D eigenvalue weighted by Gasteiger charge is 2.37. The number of thiocarbonyl (C=S) groups is 2. The monoisotopic (exact) mass is 367 g/mol. The first kappa shape index (κ1) is 20.2. The number of hydrogen-bond acceptors (Lipinski definition) is 8. The molecule has 0 aliphatic rings. The van der Waals surface area contributed by atoms with E-state index < -0.39 is 12.9 Å². The molecule has 0 atom stereocenters. The van der Waals surface area contributed by atoms with Gasteiger partial charge < -0.3 is 0 Å². The molecule has 0 saturated carbocycles. The van der Waals surface area contributed by atoms with Crippen LogP contribution in [0.4, 0.5) is 0 Å². The molecule has 0 unspecified atom stereocenters. The first-order chi connectivity index (χ1) is 9.91. The summed E-state index contributed by atoms with van der Waals surface area (Å²) in [7, 11) is -2.08. The van der Waals surface area contributed by atoms with E-state index in [1.807, 2.05) is 0 Å². The molecular weight excluding hydrogens is 357 g/mol. The molecule has 114 valence electrons. The summed E-state index contributed by atoms with van der Waals surface area (Å²) < 4.78 is 21.6. The maximum Gasteiger partial charge on any atom is 0.426 e. The quantitative estimate of drug-likeness (QED) is 0.152. The fourth-order valence-electron chi connectivity index (χ4n) is 1.13. The lowest BCUT2D eigenvalue weighted by atomic mass is 10.1. The zero-order valence-corrected chi connectivity index (χ0v) is 14.4. The van der Waals surface area contributed by atoms with E-state index in [1.165, 1.54) is 12.2 Å². The van der Waals surface area contributed by atoms with Crippen LogP contribution >= 0.6 is 43.6 Å². The van der Waals surface area contributed by atoms with Crippen molar-refractivity contribution in [2.45, 2.75) is 0 Å². The Hall–Kier alpha value is -0.750. The van der Waals surface area contributed by atoms with Gasteiger partial charge in [-0.1, -0.05) is 48.7 Å². The van der Waals surface area contributed by atoms with Crippen LogP contribution in [0.25, 0.3) is 0 Å². The Morgan fingerprint density at radius 2 is 1.81 bits per heavy atom. The van der Waals surface area contributed by atoms with E-state index in [2.05, 4.69) is 25.7 Å². The van der Waals surface area contributed by atoms with Crippen LogP contribution in [-0.4, -0.2) is 23.9 Å². The van der Waals surface area contributed by atoms with Crippen LogP contribution in [0.3, 0.4) is 0 Å². The number of allylic oxidation sites excluding steroid dienone is 4. The molecular formula is C11H11ClNO5PS2. The molecule has 0 amide bonds. The van der Waals surface area contributed by atoms with Gasteiger partial charge in [0.05, 0.1) is 14.2 Å². The van der Waals surface area contributed by atoms with Crippen molar-refractivity contribution in [3.8, 4) is 6.07 Å². The Bertz CT molecular complexity index is 572. The average molecular weight is 368 g/mol. The van der Waals surface area contributed by atoms with Crippen LogP contribution in [0.15, 0.2) is 35.2 Å². The van der Waals surface area contributed by atoms with Crippen molar-refractivity contribution >= 4 is 53.4 Å². The van der Waals surface area contributed by atoms with Crippen molar-refractivity contribution in [2.24, 2.45) is 0 Å². The standard InChI is InChI=1S/C11H11ClNO5PS2/c1-4-9(20)11(10(21)5-6-12)8(7-13)19(14,17-15-2)18-16-3/h4-6H,1H2,2-3H3. The van der Waals surface area contributed by atoms with Gasteiger partial charge in [0.2, 0.25) is 0 Å². The van der Waals surface area contributed by atoms with E-state index in [4.69, 9.17) is 36.0 Å². The van der Waals surface area contributed by atoms with Crippen LogP contribution in [0, 0.1) is 11.3 Å². The molecule has 0 rings (SSSR count). The summed E-state index contributed by atoms with van der Waals surface area (Å²) in [4.78, 5) is 8.78. The van der Waals surface area contributed by atoms with E-state index in [0.29, 0.717) is 0 Å². The van der Waals surface area contributed by atoms with E-state index in [-0.39, 0.29) is 15.3 Å². The molecule has 0 aromatic heterocycles. The van der Waals surface area contributed by atoms with Gasteiger partial charge in [-0.15, -0.1) is 9.35 Å². The highest BCUT2D eigenvalue weighted by atomic mass is 35.5. The van der Waals surface area contributed by atoms with Crippen molar-refractivity contribution in [3.63, 3.8) is 0 Å². The van der Waals surface area contributed by atoms with Crippen molar-refractivity contribution < 1.29 is 23.7 Å². The molecule has 0 spiro atoms. The minimum atomic E-state index is -4.26. The van der Waals surface area contributed by atoms with E-state index in [0.717, 1.165) is 19.8 Å². The summed E-state index contributed by atoms with van der Waals surface area (Å²) in [5, 5.41) is 8.80. The first-order valence-electron chi connectivity index (χ1n) is 5.09. The summed E-state index contributed by atoms with van der Waals surface area (Å²) in [5.74, 6) is 0. The highest BCUT2D eigenvalue weighted by Crippen LogP contribution is 2.57. The molecule has 0 fully saturated rings. The summed E-state index contributed by atoms with van der Waals surface area (Å²) >= 11 is 15.6. The predicted octanol–water partition coefficient (Wildman–Crippen LogP) is 3.79. The number of hydrogen-bond donors (Lipinski definition) is 0.